The predicted molar refractivity (Wildman–Crippen MR) is 117 cm³/mol. The highest BCUT2D eigenvalue weighted by molar-refractivity contribution is 6.06. The average Bonchev–Trinajstić information content (AvgIpc) is 2.78. The van der Waals surface area contributed by atoms with Gasteiger partial charge in [0.1, 0.15) is 5.75 Å². The molecule has 0 atom stereocenters. The number of anilines is 1. The lowest BCUT2D eigenvalue weighted by molar-refractivity contribution is 0.0985. The van der Waals surface area contributed by atoms with Crippen LogP contribution in [-0.2, 0) is 6.54 Å². The maximum Gasteiger partial charge on any atom is 0.258 e. The number of benzene rings is 2. The molecule has 0 aliphatic rings. The van der Waals surface area contributed by atoms with Crippen LogP contribution in [0.2, 0.25) is 0 Å². The monoisotopic (exact) mass is 399 g/mol. The number of carbonyl (C=O) groups is 1. The standard InChI is InChI=1S/C24H21N3O3/c1-16-4-3-5-18-14-19(23(28)26-22(16)18)15-27(20-6-8-21(30-2)9-7-20)24(29)17-10-12-25-13-11-17/h3-14H,15H2,1-2H3,(H,26,28). The number of rotatable bonds is 5. The number of nitrogens with one attached hydrogen (secondary N) is 1. The van der Waals surface area contributed by atoms with Crippen LogP contribution in [0.15, 0.2) is 77.9 Å². The van der Waals surface area contributed by atoms with Crippen molar-refractivity contribution in [2.75, 3.05) is 12.0 Å². The Morgan fingerprint density at radius 3 is 2.50 bits per heavy atom. The Morgan fingerprint density at radius 1 is 1.07 bits per heavy atom. The molecule has 0 spiro atoms. The van der Waals surface area contributed by atoms with Gasteiger partial charge < -0.3 is 14.6 Å². The van der Waals surface area contributed by atoms with Crippen molar-refractivity contribution in [2.45, 2.75) is 13.5 Å². The first-order valence-corrected chi connectivity index (χ1v) is 9.54. The zero-order valence-corrected chi connectivity index (χ0v) is 16.8. The predicted octanol–water partition coefficient (Wildman–Crippen LogP) is 4.09. The first kappa shape index (κ1) is 19.4. The van der Waals surface area contributed by atoms with Gasteiger partial charge in [-0.3, -0.25) is 14.6 Å². The van der Waals surface area contributed by atoms with Crippen molar-refractivity contribution in [3.05, 3.63) is 100 Å². The van der Waals surface area contributed by atoms with Gasteiger partial charge in [0.15, 0.2) is 0 Å². The molecule has 0 unspecified atom stereocenters. The molecule has 1 N–H and O–H groups in total. The minimum absolute atomic E-state index is 0.132. The molecule has 0 bridgehead atoms. The van der Waals surface area contributed by atoms with Crippen molar-refractivity contribution in [3.8, 4) is 5.75 Å². The van der Waals surface area contributed by atoms with Crippen molar-refractivity contribution in [2.24, 2.45) is 0 Å². The molecular weight excluding hydrogens is 378 g/mol. The number of aryl methyl sites for hydroxylation is 1. The summed E-state index contributed by atoms with van der Waals surface area (Å²) >= 11 is 0. The number of pyridine rings is 2. The average molecular weight is 399 g/mol. The number of carbonyl (C=O) groups excluding carboxylic acids is 1. The molecule has 0 aliphatic heterocycles. The van der Waals surface area contributed by atoms with Crippen LogP contribution >= 0.6 is 0 Å². The van der Waals surface area contributed by atoms with Gasteiger partial charge in [-0.25, -0.2) is 0 Å². The van der Waals surface area contributed by atoms with Gasteiger partial charge in [0, 0.05) is 29.2 Å². The highest BCUT2D eigenvalue weighted by Crippen LogP contribution is 2.23. The summed E-state index contributed by atoms with van der Waals surface area (Å²) in [7, 11) is 1.59. The Bertz CT molecular complexity index is 1250. The maximum absolute atomic E-state index is 13.3. The third-order valence-corrected chi connectivity index (χ3v) is 5.05. The molecule has 1 amide bonds. The van der Waals surface area contributed by atoms with Crippen LogP contribution in [0.3, 0.4) is 0 Å². The SMILES string of the molecule is COc1ccc(N(Cc2cc3cccc(C)c3[nH]c2=O)C(=O)c2ccncc2)cc1. The highest BCUT2D eigenvalue weighted by Gasteiger charge is 2.20. The number of methoxy groups -OCH3 is 1. The lowest BCUT2D eigenvalue weighted by Gasteiger charge is -2.23. The minimum Gasteiger partial charge on any atom is -0.497 e. The summed E-state index contributed by atoms with van der Waals surface area (Å²) in [5, 5.41) is 0.927. The molecular formula is C24H21N3O3. The number of amides is 1. The van der Waals surface area contributed by atoms with Crippen molar-refractivity contribution < 1.29 is 9.53 Å². The molecule has 4 aromatic rings. The molecule has 4 rings (SSSR count). The molecule has 0 fully saturated rings. The van der Waals surface area contributed by atoms with Crippen LogP contribution in [0.4, 0.5) is 5.69 Å². The third-order valence-electron chi connectivity index (χ3n) is 5.05. The number of para-hydroxylation sites is 1. The fraction of sp³-hybridized carbons (Fsp3) is 0.125. The molecule has 2 aromatic carbocycles. The molecule has 6 heteroatoms. The maximum atomic E-state index is 13.3. The number of fused-ring (bicyclic) bond motifs is 1. The molecule has 2 aromatic heterocycles. The summed E-state index contributed by atoms with van der Waals surface area (Å²) in [5.74, 6) is 0.473. The number of hydrogen-bond donors (Lipinski definition) is 1. The summed E-state index contributed by atoms with van der Waals surface area (Å²) in [6.07, 6.45) is 3.15. The van der Waals surface area contributed by atoms with E-state index < -0.39 is 0 Å². The second-order valence-corrected chi connectivity index (χ2v) is 6.99. The van der Waals surface area contributed by atoms with E-state index in [1.54, 1.807) is 60.8 Å². The lowest BCUT2D eigenvalue weighted by Crippen LogP contribution is -2.32. The fourth-order valence-corrected chi connectivity index (χ4v) is 3.41. The van der Waals surface area contributed by atoms with Crippen molar-refractivity contribution >= 4 is 22.5 Å². The topological polar surface area (TPSA) is 75.3 Å². The van der Waals surface area contributed by atoms with Gasteiger partial charge in [-0.2, -0.15) is 0 Å². The van der Waals surface area contributed by atoms with Crippen molar-refractivity contribution in [1.29, 1.82) is 0 Å². The highest BCUT2D eigenvalue weighted by atomic mass is 16.5. The summed E-state index contributed by atoms with van der Waals surface area (Å²) in [6.45, 7) is 2.08. The van der Waals surface area contributed by atoms with Gasteiger partial charge in [-0.15, -0.1) is 0 Å². The number of aromatic nitrogens is 2. The Labute approximate surface area is 173 Å². The van der Waals surface area contributed by atoms with E-state index in [-0.39, 0.29) is 18.0 Å². The van der Waals surface area contributed by atoms with Crippen LogP contribution in [0.1, 0.15) is 21.5 Å². The summed E-state index contributed by atoms with van der Waals surface area (Å²) in [5.41, 5.74) is 3.26. The largest absolute Gasteiger partial charge is 0.497 e. The minimum atomic E-state index is -0.216. The van der Waals surface area contributed by atoms with E-state index in [9.17, 15) is 9.59 Å². The van der Waals surface area contributed by atoms with Gasteiger partial charge in [-0.1, -0.05) is 18.2 Å². The van der Waals surface area contributed by atoms with Gasteiger partial charge in [0.2, 0.25) is 0 Å². The van der Waals surface area contributed by atoms with E-state index >= 15 is 0 Å². The van der Waals surface area contributed by atoms with E-state index in [2.05, 4.69) is 9.97 Å². The smallest absolute Gasteiger partial charge is 0.258 e. The zero-order chi connectivity index (χ0) is 21.1. The molecule has 0 radical (unpaired) electrons. The third kappa shape index (κ3) is 3.80. The summed E-state index contributed by atoms with van der Waals surface area (Å²) < 4.78 is 5.22. The molecule has 0 aliphatic carbocycles. The summed E-state index contributed by atoms with van der Waals surface area (Å²) in [4.78, 5) is 34.6. The first-order chi connectivity index (χ1) is 14.6. The number of ether oxygens (including phenoxy) is 1. The van der Waals surface area contributed by atoms with E-state index in [4.69, 9.17) is 4.74 Å². The second-order valence-electron chi connectivity index (χ2n) is 6.99. The van der Waals surface area contributed by atoms with Crippen molar-refractivity contribution in [1.82, 2.24) is 9.97 Å². The first-order valence-electron chi connectivity index (χ1n) is 9.54. The van der Waals surface area contributed by atoms with Gasteiger partial charge in [0.25, 0.3) is 11.5 Å². The molecule has 6 nitrogen and oxygen atoms in total. The van der Waals surface area contributed by atoms with E-state index in [1.807, 2.05) is 31.2 Å². The van der Waals surface area contributed by atoms with E-state index in [1.165, 1.54) is 0 Å². The fourth-order valence-electron chi connectivity index (χ4n) is 3.41. The van der Waals surface area contributed by atoms with Crippen molar-refractivity contribution in [3.63, 3.8) is 0 Å². The number of hydrogen-bond acceptors (Lipinski definition) is 4. The lowest BCUT2D eigenvalue weighted by atomic mass is 10.1. The van der Waals surface area contributed by atoms with Crippen LogP contribution < -0.4 is 15.2 Å². The number of nitrogens with zero attached hydrogens (tertiary/aromatic N) is 2. The Balaban J connectivity index is 1.78. The van der Waals surface area contributed by atoms with Crippen LogP contribution in [0, 0.1) is 6.92 Å². The summed E-state index contributed by atoms with van der Waals surface area (Å²) in [6, 6.07) is 18.2. The molecule has 0 saturated heterocycles. The Hall–Kier alpha value is -3.93. The molecule has 150 valence electrons. The normalized spacial score (nSPS) is 10.7. The Morgan fingerprint density at radius 2 is 1.80 bits per heavy atom. The number of H-pyrrole nitrogens is 1. The number of aromatic amines is 1. The van der Waals surface area contributed by atoms with Gasteiger partial charge in [-0.05, 0) is 60.3 Å². The van der Waals surface area contributed by atoms with E-state index in [0.29, 0.717) is 22.6 Å². The van der Waals surface area contributed by atoms with Crippen LogP contribution in [0.25, 0.3) is 10.9 Å². The Kier molecular flexibility index (Phi) is 5.30. The van der Waals surface area contributed by atoms with Crippen LogP contribution in [0.5, 0.6) is 5.75 Å². The molecule has 30 heavy (non-hydrogen) atoms. The van der Waals surface area contributed by atoms with Crippen LogP contribution in [-0.4, -0.2) is 23.0 Å². The molecule has 2 heterocycles. The van der Waals surface area contributed by atoms with Gasteiger partial charge >= 0.3 is 0 Å². The quantitative estimate of drug-likeness (QED) is 0.549. The second kappa shape index (κ2) is 8.21. The molecule has 0 saturated carbocycles. The van der Waals surface area contributed by atoms with Gasteiger partial charge in [0.05, 0.1) is 19.2 Å². The zero-order valence-electron chi connectivity index (χ0n) is 16.8. The van der Waals surface area contributed by atoms with E-state index in [0.717, 1.165) is 16.5 Å².